The van der Waals surface area contributed by atoms with Crippen LogP contribution in [-0.4, -0.2) is 13.2 Å². The van der Waals surface area contributed by atoms with E-state index in [0.29, 0.717) is 6.61 Å². The van der Waals surface area contributed by atoms with Gasteiger partial charge < -0.3 is 9.84 Å². The van der Waals surface area contributed by atoms with Gasteiger partial charge in [-0.05, 0) is 22.3 Å². The summed E-state index contributed by atoms with van der Waals surface area (Å²) in [6, 6.07) is 19.7. The summed E-state index contributed by atoms with van der Waals surface area (Å²) in [5.74, 6) is 4.21. The van der Waals surface area contributed by atoms with Crippen LogP contribution in [0.1, 0.15) is 28.4 Å². The van der Waals surface area contributed by atoms with Gasteiger partial charge in [0, 0.05) is 28.3 Å². The average molecular weight is 382 g/mol. The smallest absolute Gasteiger partial charge is 0.137 e. The normalized spacial score (nSPS) is 16.1. The molecule has 1 aliphatic heterocycles. The maximum absolute atomic E-state index is 11.2. The van der Waals surface area contributed by atoms with Crippen molar-refractivity contribution in [3.05, 3.63) is 76.9 Å². The van der Waals surface area contributed by atoms with Crippen LogP contribution in [0.4, 0.5) is 0 Å². The number of hydrogen-bond acceptors (Lipinski definition) is 2. The van der Waals surface area contributed by atoms with E-state index in [1.165, 1.54) is 0 Å². The SMILES string of the molecule is C[Si](C)(C)C#Cc1c2c([c]c3c1C(O)c1ccccc1-3)OCc1ccccc1-2. The van der Waals surface area contributed by atoms with Crippen LogP contribution in [0.25, 0.3) is 22.3 Å². The van der Waals surface area contributed by atoms with Gasteiger partial charge in [0.2, 0.25) is 0 Å². The highest BCUT2D eigenvalue weighted by molar-refractivity contribution is 6.83. The zero-order valence-corrected chi connectivity index (χ0v) is 17.3. The largest absolute Gasteiger partial charge is 0.488 e. The Hall–Kier alpha value is -2.80. The van der Waals surface area contributed by atoms with Gasteiger partial charge in [-0.1, -0.05) is 74.1 Å². The lowest BCUT2D eigenvalue weighted by molar-refractivity contribution is 0.224. The minimum Gasteiger partial charge on any atom is -0.488 e. The Balaban J connectivity index is 1.87. The van der Waals surface area contributed by atoms with Crippen LogP contribution in [0, 0.1) is 17.5 Å². The summed E-state index contributed by atoms with van der Waals surface area (Å²) in [6.07, 6.45) is -0.687. The highest BCUT2D eigenvalue weighted by Crippen LogP contribution is 2.51. The Morgan fingerprint density at radius 1 is 1.04 bits per heavy atom. The van der Waals surface area contributed by atoms with E-state index in [9.17, 15) is 5.11 Å². The molecule has 0 saturated carbocycles. The fourth-order valence-corrected chi connectivity index (χ4v) is 4.51. The molecule has 0 fully saturated rings. The Morgan fingerprint density at radius 3 is 2.54 bits per heavy atom. The van der Waals surface area contributed by atoms with E-state index in [-0.39, 0.29) is 0 Å². The Morgan fingerprint density at radius 2 is 1.75 bits per heavy atom. The number of rotatable bonds is 0. The molecule has 0 saturated heterocycles. The fraction of sp³-hybridized carbons (Fsp3) is 0.200. The van der Waals surface area contributed by atoms with E-state index in [2.05, 4.69) is 49.3 Å². The van der Waals surface area contributed by atoms with Crippen LogP contribution < -0.4 is 4.74 Å². The third-order valence-electron chi connectivity index (χ3n) is 5.27. The molecule has 28 heavy (non-hydrogen) atoms. The minimum atomic E-state index is -1.61. The van der Waals surface area contributed by atoms with Gasteiger partial charge in [-0.25, -0.2) is 0 Å². The number of ether oxygens (including phenoxy) is 1. The summed E-state index contributed by atoms with van der Waals surface area (Å²) in [5, 5.41) is 11.2. The standard InChI is InChI=1S/C25H21O2Si/c1-28(2,3)13-12-20-23-17-9-5-4-8-16(17)15-27-22(23)14-21-18-10-6-7-11-19(18)25(26)24(20)21/h4-11,25-26H,15H2,1-3H3. The van der Waals surface area contributed by atoms with Crippen molar-refractivity contribution < 1.29 is 9.84 Å². The topological polar surface area (TPSA) is 29.5 Å². The first-order valence-electron chi connectivity index (χ1n) is 9.59. The highest BCUT2D eigenvalue weighted by atomic mass is 28.3. The van der Waals surface area contributed by atoms with E-state index in [0.717, 1.165) is 50.3 Å². The van der Waals surface area contributed by atoms with Crippen LogP contribution in [-0.2, 0) is 6.61 Å². The first-order valence-corrected chi connectivity index (χ1v) is 13.1. The molecule has 1 heterocycles. The highest BCUT2D eigenvalue weighted by Gasteiger charge is 2.34. The van der Waals surface area contributed by atoms with Crippen molar-refractivity contribution in [1.82, 2.24) is 0 Å². The van der Waals surface area contributed by atoms with Crippen molar-refractivity contribution in [3.8, 4) is 39.5 Å². The number of aliphatic hydroxyl groups excluding tert-OH is 1. The van der Waals surface area contributed by atoms with E-state index in [1.807, 2.05) is 36.4 Å². The summed E-state index contributed by atoms with van der Waals surface area (Å²) in [5.41, 5.74) is 11.4. The van der Waals surface area contributed by atoms with Crippen molar-refractivity contribution in [2.45, 2.75) is 32.4 Å². The molecular formula is C25H21O2Si. The van der Waals surface area contributed by atoms with Crippen molar-refractivity contribution >= 4 is 8.07 Å². The van der Waals surface area contributed by atoms with Gasteiger partial charge >= 0.3 is 0 Å². The molecule has 5 rings (SSSR count). The van der Waals surface area contributed by atoms with Gasteiger partial charge in [0.1, 0.15) is 26.5 Å². The average Bonchev–Trinajstić information content (AvgIpc) is 2.97. The van der Waals surface area contributed by atoms with Crippen LogP contribution >= 0.6 is 0 Å². The molecule has 1 N–H and O–H groups in total. The lowest BCUT2D eigenvalue weighted by Crippen LogP contribution is -2.17. The van der Waals surface area contributed by atoms with Crippen LogP contribution in [0.2, 0.25) is 19.6 Å². The van der Waals surface area contributed by atoms with Crippen LogP contribution in [0.15, 0.2) is 48.5 Å². The zero-order valence-electron chi connectivity index (χ0n) is 16.3. The van der Waals surface area contributed by atoms with Gasteiger partial charge in [-0.15, -0.1) is 5.54 Å². The minimum absolute atomic E-state index is 0.531. The molecule has 3 aromatic rings. The molecule has 0 bridgehead atoms. The zero-order chi connectivity index (χ0) is 19.5. The van der Waals surface area contributed by atoms with E-state index >= 15 is 0 Å². The summed E-state index contributed by atoms with van der Waals surface area (Å²) in [7, 11) is -1.61. The van der Waals surface area contributed by atoms with Crippen molar-refractivity contribution in [1.29, 1.82) is 0 Å². The van der Waals surface area contributed by atoms with E-state index < -0.39 is 14.2 Å². The van der Waals surface area contributed by atoms with Gasteiger partial charge in [0.05, 0.1) is 0 Å². The van der Waals surface area contributed by atoms with Gasteiger partial charge in [0.25, 0.3) is 0 Å². The quantitative estimate of drug-likeness (QED) is 0.421. The second kappa shape index (κ2) is 6.10. The van der Waals surface area contributed by atoms with Crippen molar-refractivity contribution in [2.24, 2.45) is 0 Å². The van der Waals surface area contributed by atoms with E-state index in [1.54, 1.807) is 0 Å². The molecule has 137 valence electrons. The molecule has 1 aliphatic carbocycles. The Bertz CT molecular complexity index is 1180. The molecule has 1 radical (unpaired) electrons. The third kappa shape index (κ3) is 2.61. The van der Waals surface area contributed by atoms with Crippen molar-refractivity contribution in [2.75, 3.05) is 0 Å². The molecule has 0 amide bonds. The first-order chi connectivity index (χ1) is 13.4. The summed E-state index contributed by atoms with van der Waals surface area (Å²) < 4.78 is 6.10. The summed E-state index contributed by atoms with van der Waals surface area (Å²) in [6.45, 7) is 7.23. The molecular weight excluding hydrogens is 360 g/mol. The lowest BCUT2D eigenvalue weighted by atomic mass is 9.87. The fourth-order valence-electron chi connectivity index (χ4n) is 4.01. The Labute approximate surface area is 166 Å². The predicted octanol–water partition coefficient (Wildman–Crippen LogP) is 5.34. The summed E-state index contributed by atoms with van der Waals surface area (Å²) in [4.78, 5) is 0. The monoisotopic (exact) mass is 381 g/mol. The van der Waals surface area contributed by atoms with Crippen molar-refractivity contribution in [3.63, 3.8) is 0 Å². The third-order valence-corrected chi connectivity index (χ3v) is 6.15. The molecule has 3 aromatic carbocycles. The molecule has 2 nitrogen and oxygen atoms in total. The van der Waals surface area contributed by atoms with Gasteiger partial charge in [0.15, 0.2) is 0 Å². The van der Waals surface area contributed by atoms with Crippen LogP contribution in [0.3, 0.4) is 0 Å². The number of aliphatic hydroxyl groups is 1. The van der Waals surface area contributed by atoms with Gasteiger partial charge in [-0.2, -0.15) is 0 Å². The number of hydrogen-bond donors (Lipinski definition) is 1. The van der Waals surface area contributed by atoms with Gasteiger partial charge in [-0.3, -0.25) is 0 Å². The first kappa shape index (κ1) is 17.3. The molecule has 1 atom stereocenters. The lowest BCUT2D eigenvalue weighted by Gasteiger charge is -2.24. The molecule has 0 spiro atoms. The van der Waals surface area contributed by atoms with Crippen LogP contribution in [0.5, 0.6) is 5.75 Å². The Kier molecular flexibility index (Phi) is 3.77. The second-order valence-electron chi connectivity index (χ2n) is 8.43. The summed E-state index contributed by atoms with van der Waals surface area (Å²) >= 11 is 0. The predicted molar refractivity (Wildman–Crippen MR) is 115 cm³/mol. The molecule has 3 heteroatoms. The molecule has 1 unspecified atom stereocenters. The molecule has 0 aromatic heterocycles. The maximum Gasteiger partial charge on any atom is 0.137 e. The number of benzene rings is 3. The van der Waals surface area contributed by atoms with E-state index in [4.69, 9.17) is 4.74 Å². The second-order valence-corrected chi connectivity index (χ2v) is 13.2. The molecule has 2 aliphatic rings. The number of fused-ring (bicyclic) bond motifs is 6. The maximum atomic E-state index is 11.2.